The van der Waals surface area contributed by atoms with Crippen molar-refractivity contribution in [2.24, 2.45) is 0 Å². The molecule has 0 heterocycles. The molecule has 0 amide bonds. The van der Waals surface area contributed by atoms with E-state index in [1.54, 1.807) is 12.1 Å². The molecular weight excluding hydrogens is 264 g/mol. The van der Waals surface area contributed by atoms with E-state index in [0.717, 1.165) is 12.1 Å². The number of nitrogens with zero attached hydrogens (tertiary/aromatic N) is 1. The summed E-state index contributed by atoms with van der Waals surface area (Å²) in [5, 5.41) is 20.8. The van der Waals surface area contributed by atoms with Gasteiger partial charge in [0.1, 0.15) is 11.6 Å². The second-order valence-electron chi connectivity index (χ2n) is 4.04. The fraction of sp³-hybridized carbons (Fsp3) is 0.133. The zero-order valence-corrected chi connectivity index (χ0v) is 10.3. The van der Waals surface area contributed by atoms with Crippen LogP contribution in [0.5, 0.6) is 0 Å². The van der Waals surface area contributed by atoms with Crippen LogP contribution in [0.25, 0.3) is 0 Å². The summed E-state index contributed by atoms with van der Waals surface area (Å²) in [6.45, 7) is -0.494. The second-order valence-corrected chi connectivity index (χ2v) is 4.04. The highest BCUT2D eigenvalue weighted by atomic mass is 19.1. The average molecular weight is 274 g/mol. The number of nitriles is 1. The van der Waals surface area contributed by atoms with Crippen molar-refractivity contribution in [1.82, 2.24) is 0 Å². The van der Waals surface area contributed by atoms with Gasteiger partial charge >= 0.3 is 0 Å². The first kappa shape index (κ1) is 14.1. The maximum atomic E-state index is 13.4. The van der Waals surface area contributed by atoms with Gasteiger partial charge in [-0.25, -0.2) is 8.78 Å². The zero-order chi connectivity index (χ0) is 14.5. The van der Waals surface area contributed by atoms with Crippen molar-refractivity contribution in [3.05, 3.63) is 70.8 Å². The molecule has 0 bridgehead atoms. The number of hydrogen-bond acceptors (Lipinski definition) is 2. The summed E-state index contributed by atoms with van der Waals surface area (Å²) in [5.41, 5.74) is 0.0241. The first-order chi connectivity index (χ1) is 9.63. The van der Waals surface area contributed by atoms with Gasteiger partial charge in [0.15, 0.2) is 0 Å². The van der Waals surface area contributed by atoms with Crippen molar-refractivity contribution < 1.29 is 18.6 Å². The summed E-state index contributed by atoms with van der Waals surface area (Å²) in [7, 11) is 0. The third-order valence-electron chi connectivity index (χ3n) is 2.78. The Bertz CT molecular complexity index is 632. The lowest BCUT2D eigenvalue weighted by Crippen LogP contribution is -2.06. The second kappa shape index (κ2) is 6.24. The van der Waals surface area contributed by atoms with Crippen LogP contribution in [0.1, 0.15) is 23.0 Å². The maximum Gasteiger partial charge on any atom is 0.219 e. The van der Waals surface area contributed by atoms with Crippen molar-refractivity contribution in [2.75, 3.05) is 0 Å². The molecule has 20 heavy (non-hydrogen) atoms. The predicted molar refractivity (Wildman–Crippen MR) is 65.7 cm³/mol. The molecule has 2 aromatic carbocycles. The van der Waals surface area contributed by atoms with Gasteiger partial charge < -0.3 is 4.74 Å². The summed E-state index contributed by atoms with van der Waals surface area (Å²) in [5.74, 6) is -1.54. The van der Waals surface area contributed by atoms with Gasteiger partial charge in [-0.15, -0.1) is 0 Å². The topological polar surface area (TPSA) is 52.9 Å². The van der Waals surface area contributed by atoms with Gasteiger partial charge in [0.25, 0.3) is 0 Å². The lowest BCUT2D eigenvalue weighted by Gasteiger charge is -2.12. The molecular formula is C15H10F2NO2. The van der Waals surface area contributed by atoms with E-state index in [1.165, 1.54) is 18.2 Å². The summed E-state index contributed by atoms with van der Waals surface area (Å²) >= 11 is 0. The quantitative estimate of drug-likeness (QED) is 0.801. The van der Waals surface area contributed by atoms with Gasteiger partial charge in [-0.05, 0) is 18.2 Å². The van der Waals surface area contributed by atoms with Crippen LogP contribution >= 0.6 is 0 Å². The summed E-state index contributed by atoms with van der Waals surface area (Å²) < 4.78 is 31.7. The van der Waals surface area contributed by atoms with Crippen LogP contribution in [-0.2, 0) is 16.5 Å². The van der Waals surface area contributed by atoms with Gasteiger partial charge in [0.2, 0.25) is 6.29 Å². The number of ether oxygens (including phenoxy) is 1. The zero-order valence-electron chi connectivity index (χ0n) is 10.3. The number of rotatable bonds is 4. The summed E-state index contributed by atoms with van der Waals surface area (Å²) in [6.07, 6.45) is -1.68. The third-order valence-corrected chi connectivity index (χ3v) is 2.78. The lowest BCUT2D eigenvalue weighted by atomic mass is 10.1. The highest BCUT2D eigenvalue weighted by molar-refractivity contribution is 5.37. The van der Waals surface area contributed by atoms with Crippen LogP contribution in [0.2, 0.25) is 0 Å². The van der Waals surface area contributed by atoms with E-state index in [2.05, 4.69) is 0 Å². The molecule has 1 radical (unpaired) electrons. The van der Waals surface area contributed by atoms with Crippen LogP contribution < -0.4 is 0 Å². The number of benzene rings is 2. The molecule has 0 aromatic heterocycles. The Morgan fingerprint density at radius 3 is 2.40 bits per heavy atom. The fourth-order valence-electron chi connectivity index (χ4n) is 1.72. The molecule has 0 aliphatic heterocycles. The summed E-state index contributed by atoms with van der Waals surface area (Å²) in [4.78, 5) is 0. The Morgan fingerprint density at radius 2 is 1.75 bits per heavy atom. The van der Waals surface area contributed by atoms with Crippen LogP contribution in [0.15, 0.2) is 42.5 Å². The first-order valence-corrected chi connectivity index (χ1v) is 5.83. The van der Waals surface area contributed by atoms with Gasteiger partial charge in [0, 0.05) is 11.1 Å². The molecule has 1 atom stereocenters. The van der Waals surface area contributed by atoms with E-state index >= 15 is 0 Å². The van der Waals surface area contributed by atoms with E-state index in [9.17, 15) is 13.9 Å². The molecule has 0 spiro atoms. The van der Waals surface area contributed by atoms with E-state index in [0.29, 0.717) is 0 Å². The fourth-order valence-corrected chi connectivity index (χ4v) is 1.72. The Morgan fingerprint density at radius 1 is 1.10 bits per heavy atom. The Labute approximate surface area is 114 Å². The molecule has 0 aliphatic carbocycles. The summed E-state index contributed by atoms with van der Waals surface area (Å²) in [6, 6.07) is 11.4. The monoisotopic (exact) mass is 274 g/mol. The van der Waals surface area contributed by atoms with Gasteiger partial charge in [-0.1, -0.05) is 24.3 Å². The Balaban J connectivity index is 2.13. The van der Waals surface area contributed by atoms with Crippen molar-refractivity contribution >= 4 is 0 Å². The van der Waals surface area contributed by atoms with Crippen LogP contribution in [-0.4, -0.2) is 0 Å². The highest BCUT2D eigenvalue weighted by Crippen LogP contribution is 2.22. The SMILES string of the molecule is N#Cc1ccccc1C([O])OCc1c(F)cccc1F. The molecule has 0 N–H and O–H groups in total. The normalized spacial score (nSPS) is 11.9. The van der Waals surface area contributed by atoms with E-state index in [4.69, 9.17) is 10.00 Å². The van der Waals surface area contributed by atoms with Crippen molar-refractivity contribution in [3.8, 4) is 6.07 Å². The van der Waals surface area contributed by atoms with E-state index < -0.39 is 24.5 Å². The molecule has 5 heteroatoms. The Kier molecular flexibility index (Phi) is 4.41. The minimum absolute atomic E-state index is 0.145. The molecule has 101 valence electrons. The molecule has 0 aliphatic rings. The van der Waals surface area contributed by atoms with Gasteiger partial charge in [-0.2, -0.15) is 10.4 Å². The number of hydrogen-bond donors (Lipinski definition) is 0. The minimum atomic E-state index is -1.68. The van der Waals surface area contributed by atoms with Gasteiger partial charge in [-0.3, -0.25) is 0 Å². The van der Waals surface area contributed by atoms with Crippen LogP contribution in [0, 0.1) is 23.0 Å². The molecule has 0 fully saturated rings. The minimum Gasteiger partial charge on any atom is -0.341 e. The van der Waals surface area contributed by atoms with E-state index in [1.807, 2.05) is 6.07 Å². The third kappa shape index (κ3) is 2.99. The molecule has 0 saturated heterocycles. The van der Waals surface area contributed by atoms with Crippen molar-refractivity contribution in [3.63, 3.8) is 0 Å². The lowest BCUT2D eigenvalue weighted by molar-refractivity contribution is -0.153. The average Bonchev–Trinajstić information content (AvgIpc) is 2.46. The van der Waals surface area contributed by atoms with Crippen LogP contribution in [0.3, 0.4) is 0 Å². The smallest absolute Gasteiger partial charge is 0.219 e. The van der Waals surface area contributed by atoms with Crippen molar-refractivity contribution in [1.29, 1.82) is 5.26 Å². The van der Waals surface area contributed by atoms with Crippen LogP contribution in [0.4, 0.5) is 8.78 Å². The first-order valence-electron chi connectivity index (χ1n) is 5.83. The Hall–Kier alpha value is -2.29. The standard InChI is InChI=1S/C15H10F2NO2/c16-13-6-3-7-14(17)12(13)9-20-15(19)11-5-2-1-4-10(11)8-18/h1-7,15H,9H2. The maximum absolute atomic E-state index is 13.4. The number of halogens is 2. The molecule has 2 aromatic rings. The van der Waals surface area contributed by atoms with Crippen molar-refractivity contribution in [2.45, 2.75) is 12.9 Å². The molecule has 1 unspecified atom stereocenters. The molecule has 0 saturated carbocycles. The predicted octanol–water partition coefficient (Wildman–Crippen LogP) is 3.48. The van der Waals surface area contributed by atoms with Gasteiger partial charge in [0.05, 0.1) is 18.2 Å². The van der Waals surface area contributed by atoms with E-state index in [-0.39, 0.29) is 16.7 Å². The molecule has 2 rings (SSSR count). The molecule has 3 nitrogen and oxygen atoms in total. The highest BCUT2D eigenvalue weighted by Gasteiger charge is 2.16. The largest absolute Gasteiger partial charge is 0.341 e.